The van der Waals surface area contributed by atoms with Crippen molar-refractivity contribution in [1.29, 1.82) is 0 Å². The van der Waals surface area contributed by atoms with Crippen molar-refractivity contribution in [2.24, 2.45) is 5.92 Å². The van der Waals surface area contributed by atoms with Gasteiger partial charge in [0, 0.05) is 0 Å². The van der Waals surface area contributed by atoms with E-state index in [-0.39, 0.29) is 5.75 Å². The lowest BCUT2D eigenvalue weighted by Gasteiger charge is -2.22. The lowest BCUT2D eigenvalue weighted by molar-refractivity contribution is 0.365. The Morgan fingerprint density at radius 1 is 1.38 bits per heavy atom. The van der Waals surface area contributed by atoms with Gasteiger partial charge in [0.25, 0.3) is 0 Å². The Hall–Kier alpha value is -0.130. The van der Waals surface area contributed by atoms with Crippen LogP contribution >= 0.6 is 0 Å². The molecule has 1 aliphatic heterocycles. The van der Waals surface area contributed by atoms with Gasteiger partial charge >= 0.3 is 0 Å². The summed E-state index contributed by atoms with van der Waals surface area (Å²) in [7, 11) is -1.52. The first-order chi connectivity index (χ1) is 6.14. The molecular formula is C8H18N2O2S. The zero-order valence-electron chi connectivity index (χ0n) is 8.04. The Balaban J connectivity index is 2.25. The predicted molar refractivity (Wildman–Crippen MR) is 53.1 cm³/mol. The molecule has 1 fully saturated rings. The van der Waals surface area contributed by atoms with Gasteiger partial charge in [0.2, 0.25) is 10.0 Å². The summed E-state index contributed by atoms with van der Waals surface area (Å²) in [6, 6.07) is 0. The van der Waals surface area contributed by atoms with Crippen molar-refractivity contribution in [3.8, 4) is 0 Å². The van der Waals surface area contributed by atoms with Gasteiger partial charge in [-0.3, -0.25) is 0 Å². The molecule has 0 saturated carbocycles. The van der Waals surface area contributed by atoms with Crippen LogP contribution in [0, 0.1) is 5.92 Å². The van der Waals surface area contributed by atoms with Gasteiger partial charge in [-0.1, -0.05) is 0 Å². The Bertz CT molecular complexity index is 233. The first-order valence-corrected chi connectivity index (χ1v) is 6.41. The molecule has 1 heterocycles. The SMILES string of the molecule is CNS(=O)(=O)CCC1CCNCC1. The molecule has 1 rings (SSSR count). The van der Waals surface area contributed by atoms with E-state index in [0.29, 0.717) is 5.92 Å². The average Bonchev–Trinajstić information content (AvgIpc) is 2.17. The molecule has 0 aromatic rings. The molecule has 78 valence electrons. The molecule has 0 bridgehead atoms. The third-order valence-corrected chi connectivity index (χ3v) is 3.96. The summed E-state index contributed by atoms with van der Waals surface area (Å²) in [5.74, 6) is 0.859. The molecule has 0 aromatic heterocycles. The van der Waals surface area contributed by atoms with Crippen LogP contribution in [0.15, 0.2) is 0 Å². The molecule has 1 aliphatic rings. The summed E-state index contributed by atoms with van der Waals surface area (Å²) < 4.78 is 24.6. The second-order valence-electron chi connectivity index (χ2n) is 3.51. The largest absolute Gasteiger partial charge is 0.317 e. The highest BCUT2D eigenvalue weighted by Gasteiger charge is 2.16. The van der Waals surface area contributed by atoms with Gasteiger partial charge in [-0.05, 0) is 45.3 Å². The summed E-state index contributed by atoms with van der Waals surface area (Å²) in [5, 5.41) is 3.26. The van der Waals surface area contributed by atoms with Gasteiger partial charge in [-0.2, -0.15) is 0 Å². The van der Waals surface area contributed by atoms with E-state index in [1.54, 1.807) is 0 Å². The first kappa shape index (κ1) is 10.9. The molecule has 13 heavy (non-hydrogen) atoms. The second-order valence-corrected chi connectivity index (χ2v) is 5.55. The van der Waals surface area contributed by atoms with Crippen LogP contribution in [0.1, 0.15) is 19.3 Å². The summed E-state index contributed by atoms with van der Waals surface area (Å²) in [4.78, 5) is 0. The molecule has 1 saturated heterocycles. The third kappa shape index (κ3) is 4.06. The average molecular weight is 206 g/mol. The van der Waals surface area contributed by atoms with Crippen molar-refractivity contribution in [1.82, 2.24) is 10.0 Å². The lowest BCUT2D eigenvalue weighted by atomic mass is 9.96. The van der Waals surface area contributed by atoms with Gasteiger partial charge in [0.05, 0.1) is 5.75 Å². The quantitative estimate of drug-likeness (QED) is 0.677. The number of hydrogen-bond donors (Lipinski definition) is 2. The fourth-order valence-electron chi connectivity index (χ4n) is 1.59. The van der Waals surface area contributed by atoms with Crippen LogP contribution in [0.2, 0.25) is 0 Å². The van der Waals surface area contributed by atoms with E-state index in [2.05, 4.69) is 10.0 Å². The van der Waals surface area contributed by atoms with Gasteiger partial charge < -0.3 is 5.32 Å². The molecule has 0 spiro atoms. The highest BCUT2D eigenvalue weighted by Crippen LogP contribution is 2.16. The second kappa shape index (κ2) is 4.93. The van der Waals surface area contributed by atoms with Crippen LogP contribution in [0.3, 0.4) is 0 Å². The predicted octanol–water partition coefficient (Wildman–Crippen LogP) is -0.0747. The van der Waals surface area contributed by atoms with Gasteiger partial charge in [-0.25, -0.2) is 13.1 Å². The van der Waals surface area contributed by atoms with Gasteiger partial charge in [0.15, 0.2) is 0 Å². The van der Waals surface area contributed by atoms with Crippen LogP contribution in [0.25, 0.3) is 0 Å². The molecule has 0 aliphatic carbocycles. The van der Waals surface area contributed by atoms with Crippen LogP contribution < -0.4 is 10.0 Å². The van der Waals surface area contributed by atoms with Crippen LogP contribution in [-0.4, -0.2) is 34.3 Å². The summed E-state index contributed by atoms with van der Waals surface area (Å²) in [5.41, 5.74) is 0. The molecule has 0 aromatic carbocycles. The normalized spacial score (nSPS) is 20.4. The van der Waals surface area contributed by atoms with E-state index in [0.717, 1.165) is 32.4 Å². The van der Waals surface area contributed by atoms with Crippen molar-refractivity contribution in [2.75, 3.05) is 25.9 Å². The van der Waals surface area contributed by atoms with Crippen LogP contribution in [0.5, 0.6) is 0 Å². The highest BCUT2D eigenvalue weighted by atomic mass is 32.2. The Labute approximate surface area is 80.1 Å². The molecule has 4 nitrogen and oxygen atoms in total. The standard InChI is InChI=1S/C8H18N2O2S/c1-9-13(11,12)7-4-8-2-5-10-6-3-8/h8-10H,2-7H2,1H3. The van der Waals surface area contributed by atoms with Crippen LogP contribution in [-0.2, 0) is 10.0 Å². The maximum absolute atomic E-state index is 11.1. The first-order valence-electron chi connectivity index (χ1n) is 4.76. The number of hydrogen-bond acceptors (Lipinski definition) is 3. The minimum Gasteiger partial charge on any atom is -0.317 e. The van der Waals surface area contributed by atoms with Crippen LogP contribution in [0.4, 0.5) is 0 Å². The minimum atomic E-state index is -2.99. The number of sulfonamides is 1. The maximum atomic E-state index is 11.1. The number of rotatable bonds is 4. The molecule has 0 radical (unpaired) electrons. The number of piperidine rings is 1. The Morgan fingerprint density at radius 2 is 2.00 bits per heavy atom. The summed E-state index contributed by atoms with van der Waals surface area (Å²) in [6.07, 6.45) is 3.02. The molecule has 2 N–H and O–H groups in total. The Kier molecular flexibility index (Phi) is 4.15. The molecule has 0 unspecified atom stereocenters. The fraction of sp³-hybridized carbons (Fsp3) is 1.00. The fourth-order valence-corrected chi connectivity index (χ4v) is 2.44. The van der Waals surface area contributed by atoms with Gasteiger partial charge in [0.1, 0.15) is 0 Å². The van der Waals surface area contributed by atoms with E-state index in [1.165, 1.54) is 7.05 Å². The van der Waals surface area contributed by atoms with E-state index in [4.69, 9.17) is 0 Å². The molecule has 0 atom stereocenters. The zero-order valence-corrected chi connectivity index (χ0v) is 8.86. The van der Waals surface area contributed by atoms with E-state index in [1.807, 2.05) is 0 Å². The van der Waals surface area contributed by atoms with Gasteiger partial charge in [-0.15, -0.1) is 0 Å². The topological polar surface area (TPSA) is 58.2 Å². The number of nitrogens with one attached hydrogen (secondary N) is 2. The van der Waals surface area contributed by atoms with E-state index >= 15 is 0 Å². The summed E-state index contributed by atoms with van der Waals surface area (Å²) in [6.45, 7) is 2.06. The third-order valence-electron chi connectivity index (χ3n) is 2.56. The van der Waals surface area contributed by atoms with Crippen molar-refractivity contribution >= 4 is 10.0 Å². The van der Waals surface area contributed by atoms with Crippen molar-refractivity contribution in [3.05, 3.63) is 0 Å². The molecular weight excluding hydrogens is 188 g/mol. The zero-order chi connectivity index (χ0) is 9.73. The Morgan fingerprint density at radius 3 is 2.54 bits per heavy atom. The smallest absolute Gasteiger partial charge is 0.211 e. The molecule has 0 amide bonds. The van der Waals surface area contributed by atoms with Crippen molar-refractivity contribution in [3.63, 3.8) is 0 Å². The highest BCUT2D eigenvalue weighted by molar-refractivity contribution is 7.89. The summed E-state index contributed by atoms with van der Waals surface area (Å²) >= 11 is 0. The van der Waals surface area contributed by atoms with E-state index < -0.39 is 10.0 Å². The molecule has 5 heteroatoms. The minimum absolute atomic E-state index is 0.272. The van der Waals surface area contributed by atoms with Crippen molar-refractivity contribution in [2.45, 2.75) is 19.3 Å². The monoisotopic (exact) mass is 206 g/mol. The van der Waals surface area contributed by atoms with E-state index in [9.17, 15) is 8.42 Å². The van der Waals surface area contributed by atoms with Crippen molar-refractivity contribution < 1.29 is 8.42 Å². The lowest BCUT2D eigenvalue weighted by Crippen LogP contribution is -2.30. The maximum Gasteiger partial charge on any atom is 0.211 e.